The van der Waals surface area contributed by atoms with E-state index in [1.807, 2.05) is 18.2 Å². The molecule has 0 fully saturated rings. The molecule has 2 rings (SSSR count). The molecule has 0 aromatic heterocycles. The first-order valence-electron chi connectivity index (χ1n) is 6.86. The number of phenols is 1. The number of carbonyl (C=O) groups is 1. The van der Waals surface area contributed by atoms with Crippen molar-refractivity contribution in [3.8, 4) is 5.75 Å². The normalized spacial score (nSPS) is 13.6. The summed E-state index contributed by atoms with van der Waals surface area (Å²) in [6.45, 7) is 2.07. The number of hydrogen-bond acceptors (Lipinski definition) is 2. The van der Waals surface area contributed by atoms with Gasteiger partial charge in [0.15, 0.2) is 4.32 Å². The van der Waals surface area contributed by atoms with E-state index in [0.29, 0.717) is 5.56 Å². The van der Waals surface area contributed by atoms with Crippen molar-refractivity contribution in [3.05, 3.63) is 63.6 Å². The highest BCUT2D eigenvalue weighted by atomic mass is 79.9. The van der Waals surface area contributed by atoms with Crippen molar-refractivity contribution in [2.75, 3.05) is 0 Å². The average Bonchev–Trinajstić information content (AvgIpc) is 2.49. The third-order valence-corrected chi connectivity index (χ3v) is 5.42. The van der Waals surface area contributed by atoms with E-state index in [2.05, 4.69) is 38.8 Å². The van der Waals surface area contributed by atoms with Crippen molar-refractivity contribution in [1.29, 1.82) is 0 Å². The predicted molar refractivity (Wildman–Crippen MR) is 93.6 cm³/mol. The Morgan fingerprint density at radius 1 is 1.23 bits per heavy atom. The molecular weight excluding hydrogens is 412 g/mol. The van der Waals surface area contributed by atoms with Crippen LogP contribution in [0.4, 0.5) is 0 Å². The summed E-state index contributed by atoms with van der Waals surface area (Å²) in [4.78, 5) is 11.8. The van der Waals surface area contributed by atoms with E-state index in [1.165, 1.54) is 17.7 Å². The van der Waals surface area contributed by atoms with E-state index >= 15 is 0 Å². The number of carboxylic acids is 1. The van der Waals surface area contributed by atoms with Gasteiger partial charge in [-0.3, -0.25) is 4.79 Å². The maximum Gasteiger partial charge on any atom is 0.325 e. The van der Waals surface area contributed by atoms with Crippen molar-refractivity contribution in [2.45, 2.75) is 24.1 Å². The number of hydrogen-bond donors (Lipinski definition) is 2. The molecule has 2 aromatic rings. The van der Waals surface area contributed by atoms with Crippen molar-refractivity contribution in [3.63, 3.8) is 0 Å². The number of halogens is 2. The second kappa shape index (κ2) is 6.84. The molecule has 0 spiro atoms. The highest BCUT2D eigenvalue weighted by molar-refractivity contribution is 9.10. The van der Waals surface area contributed by atoms with Gasteiger partial charge in [0.05, 0.1) is 0 Å². The first-order valence-corrected chi connectivity index (χ1v) is 8.44. The van der Waals surface area contributed by atoms with Crippen molar-refractivity contribution < 1.29 is 15.0 Å². The molecule has 1 unspecified atom stereocenters. The molecule has 0 heterocycles. The molecule has 0 saturated heterocycles. The zero-order valence-electron chi connectivity index (χ0n) is 12.0. The van der Waals surface area contributed by atoms with Crippen LogP contribution in [-0.4, -0.2) is 16.2 Å². The van der Waals surface area contributed by atoms with Crippen LogP contribution in [0.1, 0.15) is 23.6 Å². The molecule has 2 aromatic carbocycles. The Labute approximate surface area is 146 Å². The van der Waals surface area contributed by atoms with E-state index in [1.54, 1.807) is 12.1 Å². The largest absolute Gasteiger partial charge is 0.508 e. The molecule has 5 heteroatoms. The second-order valence-corrected chi connectivity index (χ2v) is 7.32. The molecule has 116 valence electrons. The number of aryl methyl sites for hydroxylation is 1. The first kappa shape index (κ1) is 17.0. The molecule has 3 nitrogen and oxygen atoms in total. The van der Waals surface area contributed by atoms with Crippen LogP contribution in [0.15, 0.2) is 46.9 Å². The SMILES string of the molecule is CCc1ccc(CC(Br)(C(=O)O)c2cccc(O)c2)c(Br)c1. The second-order valence-electron chi connectivity index (χ2n) is 5.11. The van der Waals surface area contributed by atoms with Gasteiger partial charge in [0.2, 0.25) is 0 Å². The summed E-state index contributed by atoms with van der Waals surface area (Å²) in [6.07, 6.45) is 1.18. The van der Waals surface area contributed by atoms with Crippen LogP contribution in [0.3, 0.4) is 0 Å². The third-order valence-electron chi connectivity index (χ3n) is 3.60. The van der Waals surface area contributed by atoms with Gasteiger partial charge in [-0.25, -0.2) is 0 Å². The number of benzene rings is 2. The zero-order valence-corrected chi connectivity index (χ0v) is 15.2. The lowest BCUT2D eigenvalue weighted by Gasteiger charge is -2.24. The summed E-state index contributed by atoms with van der Waals surface area (Å²) in [6, 6.07) is 12.3. The Morgan fingerprint density at radius 2 is 1.95 bits per heavy atom. The van der Waals surface area contributed by atoms with Crippen LogP contribution in [0.25, 0.3) is 0 Å². The molecule has 0 bridgehead atoms. The van der Waals surface area contributed by atoms with Gasteiger partial charge in [-0.15, -0.1) is 0 Å². The fraction of sp³-hybridized carbons (Fsp3) is 0.235. The molecule has 0 aliphatic carbocycles. The van der Waals surface area contributed by atoms with Crippen LogP contribution >= 0.6 is 31.9 Å². The lowest BCUT2D eigenvalue weighted by atomic mass is 9.91. The van der Waals surface area contributed by atoms with Crippen LogP contribution in [-0.2, 0) is 22.0 Å². The highest BCUT2D eigenvalue weighted by Crippen LogP contribution is 2.38. The van der Waals surface area contributed by atoms with E-state index < -0.39 is 10.3 Å². The smallest absolute Gasteiger partial charge is 0.325 e. The van der Waals surface area contributed by atoms with E-state index in [9.17, 15) is 15.0 Å². The maximum absolute atomic E-state index is 11.8. The van der Waals surface area contributed by atoms with E-state index in [0.717, 1.165) is 16.5 Å². The van der Waals surface area contributed by atoms with Gasteiger partial charge in [-0.2, -0.15) is 0 Å². The minimum atomic E-state index is -1.29. The van der Waals surface area contributed by atoms with Gasteiger partial charge < -0.3 is 10.2 Å². The van der Waals surface area contributed by atoms with Gasteiger partial charge in [0.1, 0.15) is 5.75 Å². The maximum atomic E-state index is 11.8. The highest BCUT2D eigenvalue weighted by Gasteiger charge is 2.38. The minimum Gasteiger partial charge on any atom is -0.508 e. The monoisotopic (exact) mass is 426 g/mol. The Bertz CT molecular complexity index is 700. The lowest BCUT2D eigenvalue weighted by Crippen LogP contribution is -2.31. The average molecular weight is 428 g/mol. The summed E-state index contributed by atoms with van der Waals surface area (Å²) in [5.41, 5.74) is 2.58. The summed E-state index contributed by atoms with van der Waals surface area (Å²) in [5, 5.41) is 19.3. The van der Waals surface area contributed by atoms with Gasteiger partial charge >= 0.3 is 5.97 Å². The predicted octanol–water partition coefficient (Wildman–Crippen LogP) is 4.63. The van der Waals surface area contributed by atoms with Crippen LogP contribution < -0.4 is 0 Å². The molecule has 0 aliphatic rings. The number of aromatic hydroxyl groups is 1. The summed E-state index contributed by atoms with van der Waals surface area (Å²) < 4.78 is -0.404. The summed E-state index contributed by atoms with van der Waals surface area (Å²) >= 11 is 6.88. The van der Waals surface area contributed by atoms with Gasteiger partial charge in [-0.1, -0.05) is 63.0 Å². The third kappa shape index (κ3) is 3.52. The Morgan fingerprint density at radius 3 is 2.50 bits per heavy atom. The first-order chi connectivity index (χ1) is 10.4. The molecule has 22 heavy (non-hydrogen) atoms. The number of phenolic OH excluding ortho intramolecular Hbond substituents is 1. The van der Waals surface area contributed by atoms with Crippen molar-refractivity contribution in [2.24, 2.45) is 0 Å². The van der Waals surface area contributed by atoms with Gasteiger partial charge in [0.25, 0.3) is 0 Å². The molecule has 0 saturated carbocycles. The Kier molecular flexibility index (Phi) is 5.29. The van der Waals surface area contributed by atoms with Crippen LogP contribution in [0, 0.1) is 0 Å². The summed E-state index contributed by atoms with van der Waals surface area (Å²) in [7, 11) is 0. The van der Waals surface area contributed by atoms with E-state index in [4.69, 9.17) is 0 Å². The lowest BCUT2D eigenvalue weighted by molar-refractivity contribution is -0.139. The quantitative estimate of drug-likeness (QED) is 0.683. The fourth-order valence-corrected chi connectivity index (χ4v) is 3.39. The van der Waals surface area contributed by atoms with Crippen LogP contribution in [0.2, 0.25) is 0 Å². The Balaban J connectivity index is 2.43. The fourth-order valence-electron chi connectivity index (χ4n) is 2.27. The number of rotatable bonds is 5. The number of aliphatic carboxylic acids is 1. The zero-order chi connectivity index (χ0) is 16.3. The summed E-state index contributed by atoms with van der Waals surface area (Å²) in [5.74, 6) is -0.951. The van der Waals surface area contributed by atoms with Crippen LogP contribution in [0.5, 0.6) is 5.75 Å². The van der Waals surface area contributed by atoms with Crippen molar-refractivity contribution in [1.82, 2.24) is 0 Å². The molecule has 0 aliphatic heterocycles. The molecule has 1 atom stereocenters. The number of carboxylic acid groups (broad SMARTS) is 1. The van der Waals surface area contributed by atoms with Gasteiger partial charge in [0, 0.05) is 10.9 Å². The molecule has 0 radical (unpaired) electrons. The molecular formula is C17H16Br2O3. The molecule has 2 N–H and O–H groups in total. The minimum absolute atomic E-state index is 0.0444. The number of alkyl halides is 1. The Hall–Kier alpha value is -1.33. The topological polar surface area (TPSA) is 57.5 Å². The molecule has 0 amide bonds. The van der Waals surface area contributed by atoms with Crippen molar-refractivity contribution >= 4 is 37.8 Å². The van der Waals surface area contributed by atoms with E-state index in [-0.39, 0.29) is 12.2 Å². The standard InChI is InChI=1S/C17H16Br2O3/c1-2-11-6-7-12(15(18)8-11)10-17(19,16(21)22)13-4-3-5-14(20)9-13/h3-9,20H,2,10H2,1H3,(H,21,22). The van der Waals surface area contributed by atoms with Gasteiger partial charge in [-0.05, 0) is 41.3 Å².